The Kier molecular flexibility index (Phi) is 4.45. The molecule has 5 nitrogen and oxygen atoms in total. The van der Waals surface area contributed by atoms with Gasteiger partial charge in [-0.05, 0) is 29.8 Å². The highest BCUT2D eigenvalue weighted by Crippen LogP contribution is 2.23. The second kappa shape index (κ2) is 6.28. The van der Waals surface area contributed by atoms with Gasteiger partial charge >= 0.3 is 11.9 Å². The fraction of sp³-hybridized carbons (Fsp3) is 0.0667. The van der Waals surface area contributed by atoms with Crippen molar-refractivity contribution in [1.29, 1.82) is 0 Å². The van der Waals surface area contributed by atoms with Crippen LogP contribution in [0.1, 0.15) is 26.3 Å². The number of benzene rings is 2. The van der Waals surface area contributed by atoms with E-state index in [4.69, 9.17) is 21.8 Å². The largest absolute Gasteiger partial charge is 0.478 e. The Hall–Kier alpha value is -2.53. The number of carboxylic acid groups (broad SMARTS) is 2. The first-order valence-electron chi connectivity index (χ1n) is 6.07. The van der Waals surface area contributed by atoms with Gasteiger partial charge < -0.3 is 15.5 Å². The third kappa shape index (κ3) is 3.52. The predicted octanol–water partition coefficient (Wildman–Crippen LogP) is 3.35. The highest BCUT2D eigenvalue weighted by molar-refractivity contribution is 6.30. The minimum Gasteiger partial charge on any atom is -0.478 e. The normalized spacial score (nSPS) is 10.1. The van der Waals surface area contributed by atoms with Crippen molar-refractivity contribution in [3.8, 4) is 0 Å². The van der Waals surface area contributed by atoms with Gasteiger partial charge in [-0.15, -0.1) is 0 Å². The van der Waals surface area contributed by atoms with Gasteiger partial charge in [-0.2, -0.15) is 0 Å². The number of halogens is 1. The number of hydrogen-bond donors (Lipinski definition) is 3. The lowest BCUT2D eigenvalue weighted by molar-refractivity contribution is 0.0696. The first kappa shape index (κ1) is 14.9. The smallest absolute Gasteiger partial charge is 0.337 e. The van der Waals surface area contributed by atoms with Crippen LogP contribution in [0.5, 0.6) is 0 Å². The summed E-state index contributed by atoms with van der Waals surface area (Å²) in [5, 5.41) is 21.7. The third-order valence-corrected chi connectivity index (χ3v) is 3.12. The molecule has 0 saturated heterocycles. The molecule has 0 bridgehead atoms. The maximum absolute atomic E-state index is 11.2. The van der Waals surface area contributed by atoms with E-state index in [2.05, 4.69) is 5.32 Å². The van der Waals surface area contributed by atoms with E-state index in [1.807, 2.05) is 6.07 Å². The lowest BCUT2D eigenvalue weighted by Gasteiger charge is -2.12. The lowest BCUT2D eigenvalue weighted by atomic mass is 10.1. The molecular formula is C15H12ClNO4. The Morgan fingerprint density at radius 3 is 2.10 bits per heavy atom. The fourth-order valence-electron chi connectivity index (χ4n) is 1.94. The maximum atomic E-state index is 11.2. The van der Waals surface area contributed by atoms with Crippen LogP contribution in [-0.2, 0) is 6.54 Å². The Bertz CT molecular complexity index is 668. The van der Waals surface area contributed by atoms with Crippen LogP contribution >= 0.6 is 11.6 Å². The number of aromatic carboxylic acids is 2. The van der Waals surface area contributed by atoms with Crippen molar-refractivity contribution in [2.45, 2.75) is 6.54 Å². The van der Waals surface area contributed by atoms with E-state index in [1.165, 1.54) is 18.2 Å². The topological polar surface area (TPSA) is 86.6 Å². The average molecular weight is 306 g/mol. The maximum Gasteiger partial charge on any atom is 0.337 e. The molecule has 6 heteroatoms. The summed E-state index contributed by atoms with van der Waals surface area (Å²) >= 11 is 5.87. The van der Waals surface area contributed by atoms with E-state index in [0.29, 0.717) is 5.02 Å². The average Bonchev–Trinajstić information content (AvgIpc) is 2.44. The van der Waals surface area contributed by atoms with Crippen LogP contribution in [0.25, 0.3) is 0 Å². The summed E-state index contributed by atoms with van der Waals surface area (Å²) in [5.74, 6) is -2.38. The zero-order valence-electron chi connectivity index (χ0n) is 10.8. The molecule has 0 saturated carbocycles. The minimum absolute atomic E-state index is 0.0810. The number of carboxylic acids is 2. The third-order valence-electron chi connectivity index (χ3n) is 2.88. The molecule has 0 fully saturated rings. The predicted molar refractivity (Wildman–Crippen MR) is 79.1 cm³/mol. The van der Waals surface area contributed by atoms with Gasteiger partial charge in [0, 0.05) is 11.6 Å². The van der Waals surface area contributed by atoms with Gasteiger partial charge in [0.25, 0.3) is 0 Å². The number of carbonyl (C=O) groups is 2. The molecule has 0 aliphatic carbocycles. The van der Waals surface area contributed by atoms with E-state index in [-0.39, 0.29) is 23.4 Å². The summed E-state index contributed by atoms with van der Waals surface area (Å²) in [6.07, 6.45) is 0. The molecule has 0 spiro atoms. The van der Waals surface area contributed by atoms with Crippen LogP contribution in [-0.4, -0.2) is 22.2 Å². The second-order valence-electron chi connectivity index (χ2n) is 4.32. The monoisotopic (exact) mass is 305 g/mol. The molecule has 0 atom stereocenters. The Labute approximate surface area is 125 Å². The van der Waals surface area contributed by atoms with Crippen molar-refractivity contribution >= 4 is 29.2 Å². The van der Waals surface area contributed by atoms with E-state index in [1.54, 1.807) is 18.2 Å². The Morgan fingerprint density at radius 2 is 1.57 bits per heavy atom. The van der Waals surface area contributed by atoms with Gasteiger partial charge in [0.1, 0.15) is 0 Å². The van der Waals surface area contributed by atoms with Crippen LogP contribution in [0, 0.1) is 0 Å². The molecular weight excluding hydrogens is 294 g/mol. The zero-order valence-corrected chi connectivity index (χ0v) is 11.6. The van der Waals surface area contributed by atoms with Gasteiger partial charge in [0.15, 0.2) is 0 Å². The molecule has 0 heterocycles. The quantitative estimate of drug-likeness (QED) is 0.788. The number of nitrogens with one attached hydrogen (secondary N) is 1. The van der Waals surface area contributed by atoms with Crippen molar-refractivity contribution < 1.29 is 19.8 Å². The first-order chi connectivity index (χ1) is 9.99. The van der Waals surface area contributed by atoms with Gasteiger partial charge in [-0.3, -0.25) is 0 Å². The summed E-state index contributed by atoms with van der Waals surface area (Å²) in [5.41, 5.74) is 0.727. The van der Waals surface area contributed by atoms with E-state index < -0.39 is 11.9 Å². The molecule has 0 aromatic heterocycles. The number of anilines is 1. The van der Waals surface area contributed by atoms with Crippen molar-refractivity contribution in [3.63, 3.8) is 0 Å². The summed E-state index contributed by atoms with van der Waals surface area (Å²) < 4.78 is 0. The standard InChI is InChI=1S/C15H12ClNO4/c16-10-4-1-3-9(7-10)8-17-13-11(14(18)19)5-2-6-12(13)15(20)21/h1-7,17H,8H2,(H,18,19)(H,20,21). The van der Waals surface area contributed by atoms with Crippen LogP contribution in [0.2, 0.25) is 5.02 Å². The van der Waals surface area contributed by atoms with Gasteiger partial charge in [0.2, 0.25) is 0 Å². The highest BCUT2D eigenvalue weighted by Gasteiger charge is 2.17. The van der Waals surface area contributed by atoms with Crippen molar-refractivity contribution in [2.24, 2.45) is 0 Å². The molecule has 108 valence electrons. The molecule has 2 aromatic rings. The molecule has 0 aliphatic rings. The SMILES string of the molecule is O=C(O)c1cccc(C(=O)O)c1NCc1cccc(Cl)c1. The second-order valence-corrected chi connectivity index (χ2v) is 4.76. The van der Waals surface area contributed by atoms with Crippen LogP contribution in [0.3, 0.4) is 0 Å². The summed E-state index contributed by atoms with van der Waals surface area (Å²) in [6, 6.07) is 11.1. The molecule has 21 heavy (non-hydrogen) atoms. The van der Waals surface area contributed by atoms with Crippen molar-refractivity contribution in [2.75, 3.05) is 5.32 Å². The van der Waals surface area contributed by atoms with Crippen molar-refractivity contribution in [1.82, 2.24) is 0 Å². The molecule has 0 unspecified atom stereocenters. The summed E-state index contributed by atoms with van der Waals surface area (Å²) in [7, 11) is 0. The lowest BCUT2D eigenvalue weighted by Crippen LogP contribution is -2.11. The number of hydrogen-bond acceptors (Lipinski definition) is 3. The van der Waals surface area contributed by atoms with Crippen LogP contribution in [0.4, 0.5) is 5.69 Å². The molecule has 0 aliphatic heterocycles. The molecule has 0 radical (unpaired) electrons. The van der Waals surface area contributed by atoms with Gasteiger partial charge in [-0.1, -0.05) is 29.8 Å². The number of rotatable bonds is 5. The van der Waals surface area contributed by atoms with Gasteiger partial charge in [0.05, 0.1) is 16.8 Å². The minimum atomic E-state index is -1.19. The van der Waals surface area contributed by atoms with E-state index >= 15 is 0 Å². The molecule has 0 amide bonds. The first-order valence-corrected chi connectivity index (χ1v) is 6.44. The molecule has 2 aromatic carbocycles. The van der Waals surface area contributed by atoms with Crippen molar-refractivity contribution in [3.05, 3.63) is 64.2 Å². The molecule has 3 N–H and O–H groups in total. The van der Waals surface area contributed by atoms with E-state index in [9.17, 15) is 9.59 Å². The Morgan fingerprint density at radius 1 is 1.00 bits per heavy atom. The van der Waals surface area contributed by atoms with Crippen LogP contribution < -0.4 is 5.32 Å². The Balaban J connectivity index is 2.33. The summed E-state index contributed by atoms with van der Waals surface area (Å²) in [6.45, 7) is 0.269. The highest BCUT2D eigenvalue weighted by atomic mass is 35.5. The van der Waals surface area contributed by atoms with Gasteiger partial charge in [-0.25, -0.2) is 9.59 Å². The fourth-order valence-corrected chi connectivity index (χ4v) is 2.15. The summed E-state index contributed by atoms with van der Waals surface area (Å²) in [4.78, 5) is 22.4. The zero-order chi connectivity index (χ0) is 15.4. The number of para-hydroxylation sites is 1. The van der Waals surface area contributed by atoms with E-state index in [0.717, 1.165) is 5.56 Å². The molecule has 2 rings (SSSR count). The van der Waals surface area contributed by atoms with Crippen LogP contribution in [0.15, 0.2) is 42.5 Å².